The fraction of sp³-hybridized carbons (Fsp3) is 0.385. The van der Waals surface area contributed by atoms with Gasteiger partial charge in [0.2, 0.25) is 0 Å². The number of carbonyl (C=O) groups excluding carboxylic acids is 2. The molecule has 2 fully saturated rings. The molecule has 0 spiro atoms. The SMILES string of the molecule is COc1cc(C2C(=C(O)c3ccc(C)c(F)c3)C(=O)C(=O)N2CCCN2CCOCC2)cc(Br)c1O. The Morgan fingerprint density at radius 1 is 1.19 bits per heavy atom. The topological polar surface area (TPSA) is 99.5 Å². The summed E-state index contributed by atoms with van der Waals surface area (Å²) in [6.07, 6.45) is 0.596. The van der Waals surface area contributed by atoms with Gasteiger partial charge < -0.3 is 24.6 Å². The lowest BCUT2D eigenvalue weighted by atomic mass is 9.94. The first kappa shape index (κ1) is 26.1. The van der Waals surface area contributed by atoms with Crippen LogP contribution in [0, 0.1) is 12.7 Å². The van der Waals surface area contributed by atoms with Gasteiger partial charge in [0.1, 0.15) is 11.6 Å². The van der Waals surface area contributed by atoms with E-state index in [9.17, 15) is 24.2 Å². The van der Waals surface area contributed by atoms with Crippen LogP contribution in [-0.4, -0.2) is 78.2 Å². The maximum absolute atomic E-state index is 14.3. The molecule has 0 aliphatic carbocycles. The highest BCUT2D eigenvalue weighted by molar-refractivity contribution is 9.10. The van der Waals surface area contributed by atoms with Gasteiger partial charge in [0.25, 0.3) is 11.7 Å². The minimum Gasteiger partial charge on any atom is -0.507 e. The largest absolute Gasteiger partial charge is 0.507 e. The molecular formula is C26H28BrFN2O6. The number of carbonyl (C=O) groups is 2. The van der Waals surface area contributed by atoms with Crippen LogP contribution in [0.1, 0.15) is 29.2 Å². The highest BCUT2D eigenvalue weighted by Gasteiger charge is 2.46. The average Bonchev–Trinajstić information content (AvgIpc) is 3.12. The summed E-state index contributed by atoms with van der Waals surface area (Å²) in [5.41, 5.74) is 0.795. The number of Topliss-reactive ketones (excluding diaryl/α,β-unsaturated/α-hetero) is 1. The number of hydrogen-bond donors (Lipinski definition) is 2. The molecule has 36 heavy (non-hydrogen) atoms. The van der Waals surface area contributed by atoms with Gasteiger partial charge in [-0.1, -0.05) is 12.1 Å². The third-order valence-electron chi connectivity index (χ3n) is 6.55. The van der Waals surface area contributed by atoms with Gasteiger partial charge in [0.05, 0.1) is 36.4 Å². The number of phenolic OH excluding ortho intramolecular Hbond substituents is 1. The molecule has 10 heteroatoms. The van der Waals surface area contributed by atoms with Crippen LogP contribution in [0.2, 0.25) is 0 Å². The molecule has 0 radical (unpaired) electrons. The third-order valence-corrected chi connectivity index (χ3v) is 7.15. The Bertz CT molecular complexity index is 1210. The van der Waals surface area contributed by atoms with Crippen molar-refractivity contribution in [2.75, 3.05) is 46.5 Å². The Kier molecular flexibility index (Phi) is 7.97. The zero-order valence-electron chi connectivity index (χ0n) is 20.1. The number of amides is 1. The van der Waals surface area contributed by atoms with Crippen molar-refractivity contribution in [1.82, 2.24) is 9.80 Å². The number of methoxy groups -OCH3 is 1. The number of phenols is 1. The second-order valence-electron chi connectivity index (χ2n) is 8.82. The molecule has 192 valence electrons. The van der Waals surface area contributed by atoms with E-state index in [-0.39, 0.29) is 29.2 Å². The molecule has 2 N–H and O–H groups in total. The molecule has 2 aromatic carbocycles. The van der Waals surface area contributed by atoms with Crippen LogP contribution in [-0.2, 0) is 14.3 Å². The first-order valence-corrected chi connectivity index (χ1v) is 12.4. The summed E-state index contributed by atoms with van der Waals surface area (Å²) in [5, 5.41) is 21.4. The Morgan fingerprint density at radius 3 is 2.58 bits per heavy atom. The van der Waals surface area contributed by atoms with Crippen molar-refractivity contribution in [3.63, 3.8) is 0 Å². The monoisotopic (exact) mass is 562 g/mol. The average molecular weight is 563 g/mol. The fourth-order valence-corrected chi connectivity index (χ4v) is 5.01. The van der Waals surface area contributed by atoms with E-state index in [1.165, 1.54) is 30.2 Å². The fourth-order valence-electron chi connectivity index (χ4n) is 4.55. The molecule has 2 heterocycles. The van der Waals surface area contributed by atoms with Crippen LogP contribution in [0.15, 0.2) is 40.4 Å². The Labute approximate surface area is 217 Å². The predicted octanol–water partition coefficient (Wildman–Crippen LogP) is 3.75. The molecule has 2 aromatic rings. The Hall–Kier alpha value is -2.95. The molecule has 0 bridgehead atoms. The highest BCUT2D eigenvalue weighted by atomic mass is 79.9. The van der Waals surface area contributed by atoms with Crippen LogP contribution in [0.25, 0.3) is 5.76 Å². The van der Waals surface area contributed by atoms with E-state index in [1.807, 2.05) is 0 Å². The maximum Gasteiger partial charge on any atom is 0.295 e. The van der Waals surface area contributed by atoms with Gasteiger partial charge in [-0.2, -0.15) is 0 Å². The van der Waals surface area contributed by atoms with Crippen molar-refractivity contribution in [3.8, 4) is 11.5 Å². The lowest BCUT2D eigenvalue weighted by molar-refractivity contribution is -0.140. The summed E-state index contributed by atoms with van der Waals surface area (Å²) in [6.45, 7) is 5.45. The summed E-state index contributed by atoms with van der Waals surface area (Å²) in [5.74, 6) is -2.60. The highest BCUT2D eigenvalue weighted by Crippen LogP contribution is 2.44. The minimum absolute atomic E-state index is 0.0965. The van der Waals surface area contributed by atoms with Gasteiger partial charge in [-0.05, 0) is 58.6 Å². The summed E-state index contributed by atoms with van der Waals surface area (Å²) in [6, 6.07) is 6.29. The molecule has 0 saturated carbocycles. The van der Waals surface area contributed by atoms with E-state index in [1.54, 1.807) is 13.0 Å². The number of hydrogen-bond acceptors (Lipinski definition) is 7. The van der Waals surface area contributed by atoms with E-state index in [0.29, 0.717) is 41.8 Å². The molecule has 0 aromatic heterocycles. The second kappa shape index (κ2) is 11.0. The number of benzene rings is 2. The molecule has 1 amide bonds. The van der Waals surface area contributed by atoms with Gasteiger partial charge in [0, 0.05) is 31.7 Å². The van der Waals surface area contributed by atoms with E-state index < -0.39 is 29.3 Å². The van der Waals surface area contributed by atoms with E-state index >= 15 is 0 Å². The molecule has 1 unspecified atom stereocenters. The zero-order chi connectivity index (χ0) is 26.0. The second-order valence-corrected chi connectivity index (χ2v) is 9.67. The van der Waals surface area contributed by atoms with E-state index in [2.05, 4.69) is 20.8 Å². The number of aryl methyl sites for hydroxylation is 1. The minimum atomic E-state index is -0.954. The number of ketones is 1. The first-order valence-electron chi connectivity index (χ1n) is 11.6. The predicted molar refractivity (Wildman–Crippen MR) is 134 cm³/mol. The van der Waals surface area contributed by atoms with Crippen LogP contribution < -0.4 is 4.74 Å². The number of morpholine rings is 1. The van der Waals surface area contributed by atoms with Crippen molar-refractivity contribution < 1.29 is 33.7 Å². The van der Waals surface area contributed by atoms with Crippen molar-refractivity contribution in [2.45, 2.75) is 19.4 Å². The molecule has 4 rings (SSSR count). The van der Waals surface area contributed by atoms with E-state index in [0.717, 1.165) is 19.2 Å². The molecule has 2 aliphatic rings. The van der Waals surface area contributed by atoms with Gasteiger partial charge in [-0.25, -0.2) is 4.39 Å². The van der Waals surface area contributed by atoms with Crippen LogP contribution in [0.4, 0.5) is 4.39 Å². The molecule has 8 nitrogen and oxygen atoms in total. The van der Waals surface area contributed by atoms with Crippen molar-refractivity contribution in [3.05, 3.63) is 62.9 Å². The van der Waals surface area contributed by atoms with Crippen molar-refractivity contribution in [2.24, 2.45) is 0 Å². The van der Waals surface area contributed by atoms with Crippen molar-refractivity contribution in [1.29, 1.82) is 0 Å². The van der Waals surface area contributed by atoms with Gasteiger partial charge in [-0.15, -0.1) is 0 Å². The number of aliphatic hydroxyl groups excluding tert-OH is 1. The molecule has 1 atom stereocenters. The first-order chi connectivity index (χ1) is 17.2. The van der Waals surface area contributed by atoms with Crippen LogP contribution in [0.5, 0.6) is 11.5 Å². The zero-order valence-corrected chi connectivity index (χ0v) is 21.7. The summed E-state index contributed by atoms with van der Waals surface area (Å²) < 4.78 is 25.2. The number of halogens is 2. The normalized spacial score (nSPS) is 20.2. The lowest BCUT2D eigenvalue weighted by Crippen LogP contribution is -2.39. The number of aromatic hydroxyl groups is 1. The summed E-state index contributed by atoms with van der Waals surface area (Å²) in [4.78, 5) is 30.0. The van der Waals surface area contributed by atoms with Gasteiger partial charge in [-0.3, -0.25) is 14.5 Å². The number of nitrogens with zero attached hydrogens (tertiary/aromatic N) is 2. The number of rotatable bonds is 7. The summed E-state index contributed by atoms with van der Waals surface area (Å²) in [7, 11) is 1.39. The van der Waals surface area contributed by atoms with Crippen molar-refractivity contribution >= 4 is 33.4 Å². The Morgan fingerprint density at radius 2 is 1.92 bits per heavy atom. The number of likely N-dealkylation sites (tertiary alicyclic amines) is 1. The summed E-state index contributed by atoms with van der Waals surface area (Å²) >= 11 is 3.29. The standard InChI is InChI=1S/C26H28BrFN2O6/c1-15-4-5-16(13-19(15)28)23(31)21-22(17-12-18(27)24(32)20(14-17)35-2)30(26(34)25(21)33)7-3-6-29-8-10-36-11-9-29/h4-5,12-14,22,31-32H,3,6-11H2,1-2H3. The van der Waals surface area contributed by atoms with E-state index in [4.69, 9.17) is 9.47 Å². The lowest BCUT2D eigenvalue weighted by Gasteiger charge is -2.29. The molecule has 2 saturated heterocycles. The van der Waals surface area contributed by atoms with Gasteiger partial charge >= 0.3 is 0 Å². The third kappa shape index (κ3) is 5.11. The number of ether oxygens (including phenoxy) is 2. The van der Waals surface area contributed by atoms with Crippen LogP contribution in [0.3, 0.4) is 0 Å². The molecular weight excluding hydrogens is 535 g/mol. The quantitative estimate of drug-likeness (QED) is 0.301. The Balaban J connectivity index is 1.76. The van der Waals surface area contributed by atoms with Gasteiger partial charge in [0.15, 0.2) is 11.5 Å². The van der Waals surface area contributed by atoms with Crippen LogP contribution >= 0.6 is 15.9 Å². The smallest absolute Gasteiger partial charge is 0.295 e. The molecule has 2 aliphatic heterocycles. The maximum atomic E-state index is 14.3. The number of aliphatic hydroxyl groups is 1.